The van der Waals surface area contributed by atoms with Crippen molar-refractivity contribution in [1.29, 1.82) is 0 Å². The second-order valence-corrected chi connectivity index (χ2v) is 7.04. The molecule has 9 heteroatoms. The van der Waals surface area contributed by atoms with E-state index in [0.717, 1.165) is 0 Å². The first kappa shape index (κ1) is 19.6. The number of fused-ring (bicyclic) bond motifs is 1. The fourth-order valence-corrected chi connectivity index (χ4v) is 2.98. The van der Waals surface area contributed by atoms with E-state index in [4.69, 9.17) is 14.2 Å². The van der Waals surface area contributed by atoms with Gasteiger partial charge >= 0.3 is 5.97 Å². The van der Waals surface area contributed by atoms with Crippen LogP contribution in [0.3, 0.4) is 0 Å². The lowest BCUT2D eigenvalue weighted by Crippen LogP contribution is -2.17. The highest BCUT2D eigenvalue weighted by Gasteiger charge is 2.17. The van der Waals surface area contributed by atoms with Gasteiger partial charge < -0.3 is 14.2 Å². The molecular weight excluding hydrogens is 454 g/mol. The van der Waals surface area contributed by atoms with E-state index in [-0.39, 0.29) is 6.79 Å². The molecule has 0 saturated carbocycles. The highest BCUT2D eigenvalue weighted by molar-refractivity contribution is 9.10. The molecule has 2 heterocycles. The van der Waals surface area contributed by atoms with E-state index in [1.165, 1.54) is 12.4 Å². The molecule has 0 unspecified atom stereocenters. The molecule has 0 bridgehead atoms. The minimum Gasteiger partial charge on any atom is -0.454 e. The van der Waals surface area contributed by atoms with Gasteiger partial charge in [0.15, 0.2) is 11.5 Å². The van der Waals surface area contributed by atoms with Crippen LogP contribution in [0.25, 0.3) is 0 Å². The summed E-state index contributed by atoms with van der Waals surface area (Å²) in [7, 11) is 0. The summed E-state index contributed by atoms with van der Waals surface area (Å²) in [5.74, 6) is 0.500. The van der Waals surface area contributed by atoms with Gasteiger partial charge in [-0.3, -0.25) is 9.78 Å². The van der Waals surface area contributed by atoms with Crippen LogP contribution in [0.2, 0.25) is 0 Å². The van der Waals surface area contributed by atoms with Crippen LogP contribution < -0.4 is 19.6 Å². The largest absolute Gasteiger partial charge is 0.454 e. The van der Waals surface area contributed by atoms with E-state index in [0.29, 0.717) is 38.4 Å². The Hall–Kier alpha value is -3.72. The van der Waals surface area contributed by atoms with Crippen LogP contribution in [-0.4, -0.2) is 29.9 Å². The normalized spacial score (nSPS) is 12.0. The molecule has 150 valence electrons. The summed E-state index contributed by atoms with van der Waals surface area (Å²) in [5, 5.41) is 3.93. The molecule has 0 fully saturated rings. The molecule has 2 aromatic carbocycles. The molecule has 4 rings (SSSR count). The smallest absolute Gasteiger partial charge is 0.343 e. The first-order valence-electron chi connectivity index (χ1n) is 8.74. The predicted molar refractivity (Wildman–Crippen MR) is 111 cm³/mol. The topological polar surface area (TPSA) is 99.1 Å². The number of ether oxygens (including phenoxy) is 3. The average Bonchev–Trinajstić information content (AvgIpc) is 3.22. The van der Waals surface area contributed by atoms with Gasteiger partial charge in [-0.05, 0) is 57.9 Å². The molecule has 1 amide bonds. The Balaban J connectivity index is 1.39. The zero-order valence-electron chi connectivity index (χ0n) is 15.4. The Bertz CT molecular complexity index is 1150. The third kappa shape index (κ3) is 4.64. The number of carbonyl (C=O) groups excluding carboxylic acids is 2. The van der Waals surface area contributed by atoms with Crippen molar-refractivity contribution in [3.8, 4) is 17.2 Å². The van der Waals surface area contributed by atoms with Gasteiger partial charge in [0.05, 0.1) is 17.3 Å². The highest BCUT2D eigenvalue weighted by Crippen LogP contribution is 2.32. The lowest BCUT2D eigenvalue weighted by Gasteiger charge is -2.06. The first-order chi connectivity index (χ1) is 14.6. The second kappa shape index (κ2) is 8.75. The van der Waals surface area contributed by atoms with Crippen LogP contribution in [0.5, 0.6) is 17.2 Å². The van der Waals surface area contributed by atoms with Crippen LogP contribution in [0.4, 0.5) is 0 Å². The summed E-state index contributed by atoms with van der Waals surface area (Å²) >= 11 is 3.26. The van der Waals surface area contributed by atoms with Crippen LogP contribution >= 0.6 is 15.9 Å². The number of halogens is 1. The fourth-order valence-electron chi connectivity index (χ4n) is 2.61. The lowest BCUT2D eigenvalue weighted by atomic mass is 10.2. The summed E-state index contributed by atoms with van der Waals surface area (Å²) in [6.45, 7) is 0.129. The van der Waals surface area contributed by atoms with E-state index in [9.17, 15) is 9.59 Å². The third-order valence-electron chi connectivity index (χ3n) is 4.02. The van der Waals surface area contributed by atoms with Crippen LogP contribution in [0, 0.1) is 0 Å². The summed E-state index contributed by atoms with van der Waals surface area (Å²) in [6, 6.07) is 13.2. The Morgan fingerprint density at radius 2 is 1.93 bits per heavy atom. The Kier molecular flexibility index (Phi) is 5.71. The second-order valence-electron chi connectivity index (χ2n) is 6.12. The lowest BCUT2D eigenvalue weighted by molar-refractivity contribution is 0.0734. The Morgan fingerprint density at radius 3 is 2.80 bits per heavy atom. The van der Waals surface area contributed by atoms with E-state index < -0.39 is 11.9 Å². The number of aromatic nitrogens is 1. The number of nitrogens with one attached hydrogen (secondary N) is 1. The van der Waals surface area contributed by atoms with Gasteiger partial charge in [0.1, 0.15) is 5.75 Å². The van der Waals surface area contributed by atoms with Crippen LogP contribution in [-0.2, 0) is 0 Å². The van der Waals surface area contributed by atoms with Crippen molar-refractivity contribution in [2.24, 2.45) is 5.10 Å². The van der Waals surface area contributed by atoms with Crippen molar-refractivity contribution < 1.29 is 23.8 Å². The predicted octanol–water partition coefficient (Wildman–Crippen LogP) is 3.56. The molecule has 30 heavy (non-hydrogen) atoms. The van der Waals surface area contributed by atoms with E-state index in [2.05, 4.69) is 31.4 Å². The first-order valence-corrected chi connectivity index (χ1v) is 9.54. The zero-order valence-corrected chi connectivity index (χ0v) is 17.0. The van der Waals surface area contributed by atoms with Crippen molar-refractivity contribution in [3.63, 3.8) is 0 Å². The van der Waals surface area contributed by atoms with Crippen molar-refractivity contribution in [2.75, 3.05) is 6.79 Å². The number of esters is 1. The third-order valence-corrected chi connectivity index (χ3v) is 4.46. The monoisotopic (exact) mass is 467 g/mol. The van der Waals surface area contributed by atoms with Gasteiger partial charge in [0.25, 0.3) is 5.91 Å². The SMILES string of the molecule is O=C(NN=Cc1cccc(OC(=O)c2ccc3c(c2)OCO3)c1)c1cncc(Br)c1. The van der Waals surface area contributed by atoms with Gasteiger partial charge in [-0.15, -0.1) is 0 Å². The van der Waals surface area contributed by atoms with Crippen molar-refractivity contribution in [1.82, 2.24) is 10.4 Å². The van der Waals surface area contributed by atoms with Crippen LogP contribution in [0.15, 0.2) is 70.5 Å². The zero-order chi connectivity index (χ0) is 20.9. The maximum absolute atomic E-state index is 12.4. The molecule has 8 nitrogen and oxygen atoms in total. The molecule has 1 aliphatic rings. The minimum atomic E-state index is -0.530. The van der Waals surface area contributed by atoms with Gasteiger partial charge in [-0.25, -0.2) is 10.2 Å². The molecular formula is C21H14BrN3O5. The van der Waals surface area contributed by atoms with Crippen molar-refractivity contribution in [2.45, 2.75) is 0 Å². The van der Waals surface area contributed by atoms with Crippen molar-refractivity contribution in [3.05, 3.63) is 82.1 Å². The maximum atomic E-state index is 12.4. The van der Waals surface area contributed by atoms with E-state index in [1.54, 1.807) is 54.7 Å². The summed E-state index contributed by atoms with van der Waals surface area (Å²) in [5.41, 5.74) is 3.77. The number of amides is 1. The number of pyridine rings is 1. The molecule has 1 aromatic heterocycles. The molecule has 0 radical (unpaired) electrons. The minimum absolute atomic E-state index is 0.129. The molecule has 0 atom stereocenters. The Labute approximate surface area is 179 Å². The Morgan fingerprint density at radius 1 is 1.07 bits per heavy atom. The van der Waals surface area contributed by atoms with Crippen molar-refractivity contribution >= 4 is 34.0 Å². The fraction of sp³-hybridized carbons (Fsp3) is 0.0476. The molecule has 3 aromatic rings. The number of rotatable bonds is 5. The van der Waals surface area contributed by atoms with Crippen LogP contribution in [0.1, 0.15) is 26.3 Å². The molecule has 0 spiro atoms. The molecule has 1 aliphatic heterocycles. The number of carbonyl (C=O) groups is 2. The van der Waals surface area contributed by atoms with Gasteiger partial charge in [-0.2, -0.15) is 5.10 Å². The highest BCUT2D eigenvalue weighted by atomic mass is 79.9. The summed E-state index contributed by atoms with van der Waals surface area (Å²) in [6.07, 6.45) is 4.46. The molecule has 0 saturated heterocycles. The van der Waals surface area contributed by atoms with Gasteiger partial charge in [0, 0.05) is 16.9 Å². The maximum Gasteiger partial charge on any atom is 0.343 e. The summed E-state index contributed by atoms with van der Waals surface area (Å²) < 4.78 is 16.6. The summed E-state index contributed by atoms with van der Waals surface area (Å²) in [4.78, 5) is 28.4. The van der Waals surface area contributed by atoms with Gasteiger partial charge in [0.2, 0.25) is 6.79 Å². The number of hydrogen-bond donors (Lipinski definition) is 1. The number of nitrogens with zero attached hydrogens (tertiary/aromatic N) is 2. The molecule has 0 aliphatic carbocycles. The van der Waals surface area contributed by atoms with E-state index >= 15 is 0 Å². The number of hydrazone groups is 1. The van der Waals surface area contributed by atoms with Gasteiger partial charge in [-0.1, -0.05) is 12.1 Å². The average molecular weight is 468 g/mol. The number of hydrogen-bond acceptors (Lipinski definition) is 7. The molecule has 1 N–H and O–H groups in total. The standard InChI is InChI=1S/C21H14BrN3O5/c22-16-7-15(10-23-11-16)20(26)25-24-9-13-2-1-3-17(6-13)30-21(27)14-4-5-18-19(8-14)29-12-28-18/h1-11H,12H2,(H,25,26). The quantitative estimate of drug-likeness (QED) is 0.266. The van der Waals surface area contributed by atoms with E-state index in [1.807, 2.05) is 0 Å². The number of benzene rings is 2.